The van der Waals surface area contributed by atoms with Crippen LogP contribution in [0.5, 0.6) is 0 Å². The van der Waals surface area contributed by atoms with Crippen molar-refractivity contribution in [2.75, 3.05) is 0 Å². The van der Waals surface area contributed by atoms with Crippen LogP contribution in [0.3, 0.4) is 0 Å². The highest BCUT2D eigenvalue weighted by atomic mass is 32.1. The number of nitrogens with zero attached hydrogens (tertiary/aromatic N) is 4. The summed E-state index contributed by atoms with van der Waals surface area (Å²) in [6.45, 7) is 0. The van der Waals surface area contributed by atoms with Gasteiger partial charge in [0.05, 0.1) is 33.7 Å². The molecule has 18 heavy (non-hydrogen) atoms. The van der Waals surface area contributed by atoms with Gasteiger partial charge in [-0.25, -0.2) is 14.6 Å². The lowest BCUT2D eigenvalue weighted by atomic mass is 10.3. The summed E-state index contributed by atoms with van der Waals surface area (Å²) in [7, 11) is 0. The van der Waals surface area contributed by atoms with Gasteiger partial charge in [0, 0.05) is 12.3 Å². The molecule has 3 aromatic heterocycles. The summed E-state index contributed by atoms with van der Waals surface area (Å²) >= 11 is 1.39. The van der Waals surface area contributed by atoms with Gasteiger partial charge in [0.1, 0.15) is 0 Å². The van der Waals surface area contributed by atoms with Crippen LogP contribution in [-0.4, -0.2) is 19.7 Å². The zero-order chi connectivity index (χ0) is 12.8. The molecule has 3 heterocycles. The van der Waals surface area contributed by atoms with Gasteiger partial charge in [-0.05, 0) is 0 Å². The summed E-state index contributed by atoms with van der Waals surface area (Å²) in [4.78, 5) is 8.07. The smallest absolute Gasteiger partial charge is 0.243 e. The Labute approximate surface area is 103 Å². The zero-order valence-corrected chi connectivity index (χ0v) is 9.53. The van der Waals surface area contributed by atoms with E-state index in [9.17, 15) is 13.2 Å². The number of aromatic nitrogens is 4. The van der Waals surface area contributed by atoms with E-state index in [0.29, 0.717) is 11.3 Å². The summed E-state index contributed by atoms with van der Waals surface area (Å²) in [5, 5.41) is 3.66. The van der Waals surface area contributed by atoms with Gasteiger partial charge in [-0.2, -0.15) is 18.3 Å². The molecule has 0 aromatic carbocycles. The molecule has 8 heteroatoms. The number of fused-ring (bicyclic) bond motifs is 1. The fourth-order valence-electron chi connectivity index (χ4n) is 1.47. The Morgan fingerprint density at radius 3 is 2.72 bits per heavy atom. The molecule has 0 N–H and O–H groups in total. The zero-order valence-electron chi connectivity index (χ0n) is 8.72. The second kappa shape index (κ2) is 3.77. The van der Waals surface area contributed by atoms with Crippen LogP contribution < -0.4 is 0 Å². The van der Waals surface area contributed by atoms with Crippen molar-refractivity contribution in [3.8, 4) is 5.82 Å². The average Bonchev–Trinajstić information content (AvgIpc) is 2.96. The molecular weight excluding hydrogens is 265 g/mol. The van der Waals surface area contributed by atoms with Crippen molar-refractivity contribution < 1.29 is 13.2 Å². The van der Waals surface area contributed by atoms with E-state index in [-0.39, 0.29) is 0 Å². The van der Waals surface area contributed by atoms with Crippen LogP contribution >= 0.6 is 11.3 Å². The number of halogens is 3. The number of rotatable bonds is 1. The SMILES string of the molecule is FC(F)(F)c1cnn(-c2cc3scnc3cn2)c1. The highest BCUT2D eigenvalue weighted by Crippen LogP contribution is 2.29. The molecule has 4 nitrogen and oxygen atoms in total. The van der Waals surface area contributed by atoms with E-state index in [0.717, 1.165) is 21.8 Å². The van der Waals surface area contributed by atoms with E-state index in [1.807, 2.05) is 0 Å². The molecular formula is C10H5F3N4S. The molecule has 0 spiro atoms. The Bertz CT molecular complexity index is 700. The van der Waals surface area contributed by atoms with Gasteiger partial charge in [-0.15, -0.1) is 11.3 Å². The first-order chi connectivity index (χ1) is 8.54. The molecule has 3 aromatic rings. The fraction of sp³-hybridized carbons (Fsp3) is 0.100. The molecule has 0 saturated carbocycles. The molecule has 0 radical (unpaired) electrons. The molecule has 0 aliphatic rings. The molecule has 0 fully saturated rings. The Balaban J connectivity index is 2.06. The average molecular weight is 270 g/mol. The van der Waals surface area contributed by atoms with Crippen molar-refractivity contribution >= 4 is 21.6 Å². The maximum Gasteiger partial charge on any atom is 0.419 e. The van der Waals surface area contributed by atoms with Crippen molar-refractivity contribution in [2.45, 2.75) is 6.18 Å². The van der Waals surface area contributed by atoms with Gasteiger partial charge in [0.2, 0.25) is 0 Å². The molecule has 92 valence electrons. The number of hydrogen-bond donors (Lipinski definition) is 0. The van der Waals surface area contributed by atoms with Gasteiger partial charge < -0.3 is 0 Å². The second-order valence-electron chi connectivity index (χ2n) is 3.53. The maximum absolute atomic E-state index is 12.4. The molecule has 0 aliphatic heterocycles. The molecule has 3 rings (SSSR count). The first-order valence-electron chi connectivity index (χ1n) is 4.85. The molecule has 0 unspecified atom stereocenters. The largest absolute Gasteiger partial charge is 0.419 e. The van der Waals surface area contributed by atoms with Crippen molar-refractivity contribution in [3.05, 3.63) is 35.7 Å². The van der Waals surface area contributed by atoms with Crippen LogP contribution in [0.4, 0.5) is 13.2 Å². The number of pyridine rings is 1. The van der Waals surface area contributed by atoms with Crippen molar-refractivity contribution in [2.24, 2.45) is 0 Å². The summed E-state index contributed by atoms with van der Waals surface area (Å²) in [6.07, 6.45) is -1.20. The van der Waals surface area contributed by atoms with Crippen molar-refractivity contribution in [1.82, 2.24) is 19.7 Å². The Morgan fingerprint density at radius 2 is 2.00 bits per heavy atom. The summed E-state index contributed by atoms with van der Waals surface area (Å²) < 4.78 is 39.3. The van der Waals surface area contributed by atoms with Crippen molar-refractivity contribution in [1.29, 1.82) is 0 Å². The van der Waals surface area contributed by atoms with E-state index in [4.69, 9.17) is 0 Å². The Kier molecular flexibility index (Phi) is 2.34. The minimum absolute atomic E-state index is 0.335. The third-order valence-electron chi connectivity index (χ3n) is 2.35. The lowest BCUT2D eigenvalue weighted by Gasteiger charge is -2.01. The van der Waals surface area contributed by atoms with E-state index >= 15 is 0 Å². The summed E-state index contributed by atoms with van der Waals surface area (Å²) in [6, 6.07) is 1.65. The van der Waals surface area contributed by atoms with E-state index < -0.39 is 11.7 Å². The second-order valence-corrected chi connectivity index (χ2v) is 4.42. The van der Waals surface area contributed by atoms with Crippen molar-refractivity contribution in [3.63, 3.8) is 0 Å². The lowest BCUT2D eigenvalue weighted by molar-refractivity contribution is -0.137. The van der Waals surface area contributed by atoms with Gasteiger partial charge in [0.25, 0.3) is 0 Å². The van der Waals surface area contributed by atoms with Gasteiger partial charge in [-0.1, -0.05) is 0 Å². The number of alkyl halides is 3. The minimum atomic E-state index is -4.40. The van der Waals surface area contributed by atoms with Crippen LogP contribution in [0.15, 0.2) is 30.2 Å². The lowest BCUT2D eigenvalue weighted by Crippen LogP contribution is -2.03. The van der Waals surface area contributed by atoms with Gasteiger partial charge in [-0.3, -0.25) is 0 Å². The van der Waals surface area contributed by atoms with Crippen LogP contribution in [0, 0.1) is 0 Å². The number of thiazole rings is 1. The molecule has 0 saturated heterocycles. The summed E-state index contributed by atoms with van der Waals surface area (Å²) in [5.74, 6) is 0.335. The Morgan fingerprint density at radius 1 is 1.17 bits per heavy atom. The van der Waals surface area contributed by atoms with Gasteiger partial charge in [0.15, 0.2) is 5.82 Å². The van der Waals surface area contributed by atoms with Gasteiger partial charge >= 0.3 is 6.18 Å². The molecule has 0 atom stereocenters. The quantitative estimate of drug-likeness (QED) is 0.683. The highest BCUT2D eigenvalue weighted by molar-refractivity contribution is 7.16. The van der Waals surface area contributed by atoms with Crippen LogP contribution in [0.2, 0.25) is 0 Å². The molecule has 0 bridgehead atoms. The highest BCUT2D eigenvalue weighted by Gasteiger charge is 2.32. The Hall–Kier alpha value is -1.96. The first kappa shape index (κ1) is 11.1. The van der Waals surface area contributed by atoms with Crippen LogP contribution in [0.25, 0.3) is 16.0 Å². The monoisotopic (exact) mass is 270 g/mol. The minimum Gasteiger partial charge on any atom is -0.243 e. The standard InChI is InChI=1S/C10H5F3N4S/c11-10(12,13)6-2-16-17(4-6)9-1-8-7(3-14-9)15-5-18-8/h1-5H. The first-order valence-corrected chi connectivity index (χ1v) is 5.73. The third kappa shape index (κ3) is 1.84. The predicted molar refractivity (Wildman–Crippen MR) is 59.5 cm³/mol. The van der Waals surface area contributed by atoms with Crippen LogP contribution in [-0.2, 0) is 6.18 Å². The molecule has 0 amide bonds. The third-order valence-corrected chi connectivity index (χ3v) is 3.14. The topological polar surface area (TPSA) is 43.6 Å². The predicted octanol–water partition coefficient (Wildman–Crippen LogP) is 2.90. The normalized spacial score (nSPS) is 12.2. The van der Waals surface area contributed by atoms with E-state index in [2.05, 4.69) is 15.1 Å². The summed E-state index contributed by atoms with van der Waals surface area (Å²) in [5.41, 5.74) is 1.57. The van der Waals surface area contributed by atoms with Crippen LogP contribution in [0.1, 0.15) is 5.56 Å². The van der Waals surface area contributed by atoms with E-state index in [1.165, 1.54) is 17.5 Å². The fourth-order valence-corrected chi connectivity index (χ4v) is 2.15. The van der Waals surface area contributed by atoms with E-state index in [1.54, 1.807) is 11.6 Å². The number of hydrogen-bond acceptors (Lipinski definition) is 4. The molecule has 0 aliphatic carbocycles. The maximum atomic E-state index is 12.4.